The van der Waals surface area contributed by atoms with Crippen molar-refractivity contribution < 1.29 is 0 Å². The van der Waals surface area contributed by atoms with Crippen LogP contribution in [0.3, 0.4) is 0 Å². The van der Waals surface area contributed by atoms with Crippen molar-refractivity contribution in [1.29, 1.82) is 0 Å². The third-order valence-electron chi connectivity index (χ3n) is 4.17. The molecule has 3 rings (SSSR count). The van der Waals surface area contributed by atoms with E-state index in [1.54, 1.807) is 5.56 Å². The van der Waals surface area contributed by atoms with Gasteiger partial charge in [-0.3, -0.25) is 4.98 Å². The van der Waals surface area contributed by atoms with Crippen molar-refractivity contribution >= 4 is 10.9 Å². The minimum absolute atomic E-state index is 0.749. The van der Waals surface area contributed by atoms with Crippen molar-refractivity contribution in [1.82, 2.24) is 4.98 Å². The molecule has 94 valence electrons. The first kappa shape index (κ1) is 11.7. The Balaban J connectivity index is 2.08. The van der Waals surface area contributed by atoms with Gasteiger partial charge in [-0.05, 0) is 43.4 Å². The highest BCUT2D eigenvalue weighted by atomic mass is 14.7. The molecule has 0 spiro atoms. The number of rotatable bonds is 1. The molecule has 1 fully saturated rings. The predicted octanol–water partition coefficient (Wildman–Crippen LogP) is 4.98. The summed E-state index contributed by atoms with van der Waals surface area (Å²) in [5.74, 6) is 0.749. The third-order valence-corrected chi connectivity index (χ3v) is 4.17. The van der Waals surface area contributed by atoms with Gasteiger partial charge < -0.3 is 0 Å². The monoisotopic (exact) mass is 239 g/mol. The van der Waals surface area contributed by atoms with Crippen LogP contribution in [0.1, 0.15) is 55.7 Å². The zero-order chi connectivity index (χ0) is 12.4. The van der Waals surface area contributed by atoms with E-state index in [-0.39, 0.29) is 0 Å². The number of hydrogen-bond acceptors (Lipinski definition) is 1. The number of benzene rings is 1. The number of nitrogens with zero attached hydrogens (tertiary/aromatic N) is 1. The van der Waals surface area contributed by atoms with Gasteiger partial charge in [0.05, 0.1) is 5.52 Å². The molecule has 1 saturated carbocycles. The molecule has 0 amide bonds. The van der Waals surface area contributed by atoms with Crippen molar-refractivity contribution in [3.05, 3.63) is 41.6 Å². The summed E-state index contributed by atoms with van der Waals surface area (Å²) >= 11 is 0. The van der Waals surface area contributed by atoms with Gasteiger partial charge >= 0.3 is 0 Å². The van der Waals surface area contributed by atoms with Crippen LogP contribution in [-0.2, 0) is 0 Å². The van der Waals surface area contributed by atoms with E-state index in [2.05, 4.69) is 42.2 Å². The predicted molar refractivity (Wildman–Crippen MR) is 76.9 cm³/mol. The second-order valence-corrected chi connectivity index (χ2v) is 5.56. The number of hydrogen-bond donors (Lipinski definition) is 0. The van der Waals surface area contributed by atoms with Gasteiger partial charge in [-0.25, -0.2) is 0 Å². The molecule has 0 N–H and O–H groups in total. The molecular weight excluding hydrogens is 218 g/mol. The first-order chi connectivity index (χ1) is 8.84. The lowest BCUT2D eigenvalue weighted by atomic mass is 9.89. The Labute approximate surface area is 109 Å². The summed E-state index contributed by atoms with van der Waals surface area (Å²) in [5, 5.41) is 1.37. The van der Waals surface area contributed by atoms with Crippen molar-refractivity contribution in [3.63, 3.8) is 0 Å². The van der Waals surface area contributed by atoms with E-state index >= 15 is 0 Å². The summed E-state index contributed by atoms with van der Waals surface area (Å²) in [4.78, 5) is 4.65. The first-order valence-electron chi connectivity index (χ1n) is 7.21. The van der Waals surface area contributed by atoms with Crippen molar-refractivity contribution in [2.75, 3.05) is 0 Å². The van der Waals surface area contributed by atoms with Gasteiger partial charge in [-0.15, -0.1) is 0 Å². The molecule has 0 unspecified atom stereocenters. The molecule has 0 atom stereocenters. The first-order valence-corrected chi connectivity index (χ1v) is 7.21. The Morgan fingerprint density at radius 1 is 1.00 bits per heavy atom. The van der Waals surface area contributed by atoms with Crippen LogP contribution in [0.5, 0.6) is 0 Å². The lowest BCUT2D eigenvalue weighted by Crippen LogP contribution is -2.00. The maximum Gasteiger partial charge on any atom is 0.0708 e. The summed E-state index contributed by atoms with van der Waals surface area (Å²) in [7, 11) is 0. The Bertz CT molecular complexity index is 536. The Morgan fingerprint density at radius 2 is 1.72 bits per heavy atom. The summed E-state index contributed by atoms with van der Waals surface area (Å²) in [5.41, 5.74) is 3.87. The molecule has 1 nitrogen and oxygen atoms in total. The van der Waals surface area contributed by atoms with Crippen molar-refractivity contribution in [2.45, 2.75) is 51.4 Å². The molecule has 1 aromatic heterocycles. The van der Waals surface area contributed by atoms with E-state index < -0.39 is 0 Å². The van der Waals surface area contributed by atoms with Crippen LogP contribution in [0.2, 0.25) is 0 Å². The molecule has 1 heterocycles. The molecule has 0 radical (unpaired) electrons. The van der Waals surface area contributed by atoms with E-state index in [0.717, 1.165) is 17.1 Å². The van der Waals surface area contributed by atoms with Gasteiger partial charge in [-0.1, -0.05) is 43.9 Å². The molecule has 18 heavy (non-hydrogen) atoms. The van der Waals surface area contributed by atoms with Gasteiger partial charge in [0.15, 0.2) is 0 Å². The number of fused-ring (bicyclic) bond motifs is 1. The highest BCUT2D eigenvalue weighted by molar-refractivity contribution is 5.82. The Hall–Kier alpha value is -1.37. The molecule has 0 saturated heterocycles. The largest absolute Gasteiger partial charge is 0.253 e. The molecule has 0 aliphatic heterocycles. The smallest absolute Gasteiger partial charge is 0.0708 e. The fraction of sp³-hybridized carbons (Fsp3) is 0.471. The number of aryl methyl sites for hydroxylation is 1. The second-order valence-electron chi connectivity index (χ2n) is 5.56. The SMILES string of the molecule is Cc1cc(C2CCCCCC2)c2ccccc2n1. The zero-order valence-electron chi connectivity index (χ0n) is 11.2. The van der Waals surface area contributed by atoms with Crippen LogP contribution in [0.4, 0.5) is 0 Å². The van der Waals surface area contributed by atoms with Crippen LogP contribution in [0, 0.1) is 6.92 Å². The summed E-state index contributed by atoms with van der Waals surface area (Å²) in [6.45, 7) is 2.12. The molecule has 2 aromatic rings. The average molecular weight is 239 g/mol. The van der Waals surface area contributed by atoms with Crippen LogP contribution in [0.25, 0.3) is 10.9 Å². The van der Waals surface area contributed by atoms with Crippen LogP contribution in [-0.4, -0.2) is 4.98 Å². The lowest BCUT2D eigenvalue weighted by Gasteiger charge is -2.17. The normalized spacial score (nSPS) is 17.8. The highest BCUT2D eigenvalue weighted by Crippen LogP contribution is 2.35. The van der Waals surface area contributed by atoms with E-state index in [1.165, 1.54) is 43.9 Å². The maximum absolute atomic E-state index is 4.65. The minimum atomic E-state index is 0.749. The zero-order valence-corrected chi connectivity index (χ0v) is 11.2. The van der Waals surface area contributed by atoms with E-state index in [0.29, 0.717) is 0 Å². The molecular formula is C17H21N. The topological polar surface area (TPSA) is 12.9 Å². The van der Waals surface area contributed by atoms with Crippen LogP contribution < -0.4 is 0 Å². The van der Waals surface area contributed by atoms with Gasteiger partial charge in [0.25, 0.3) is 0 Å². The number of para-hydroxylation sites is 1. The summed E-state index contributed by atoms with van der Waals surface area (Å²) in [6, 6.07) is 10.9. The van der Waals surface area contributed by atoms with E-state index in [4.69, 9.17) is 0 Å². The van der Waals surface area contributed by atoms with Crippen LogP contribution in [0.15, 0.2) is 30.3 Å². The molecule has 1 aliphatic rings. The summed E-state index contributed by atoms with van der Waals surface area (Å²) in [6.07, 6.45) is 8.32. The number of aromatic nitrogens is 1. The van der Waals surface area contributed by atoms with Gasteiger partial charge in [0.2, 0.25) is 0 Å². The fourth-order valence-electron chi connectivity index (χ4n) is 3.27. The van der Waals surface area contributed by atoms with Gasteiger partial charge in [0.1, 0.15) is 0 Å². The minimum Gasteiger partial charge on any atom is -0.253 e. The Morgan fingerprint density at radius 3 is 2.50 bits per heavy atom. The maximum atomic E-state index is 4.65. The van der Waals surface area contributed by atoms with E-state index in [1.807, 2.05) is 0 Å². The molecule has 1 aliphatic carbocycles. The number of pyridine rings is 1. The van der Waals surface area contributed by atoms with Crippen molar-refractivity contribution in [3.8, 4) is 0 Å². The lowest BCUT2D eigenvalue weighted by molar-refractivity contribution is 0.595. The van der Waals surface area contributed by atoms with Gasteiger partial charge in [0, 0.05) is 11.1 Å². The Kier molecular flexibility index (Phi) is 3.31. The fourth-order valence-corrected chi connectivity index (χ4v) is 3.27. The van der Waals surface area contributed by atoms with E-state index in [9.17, 15) is 0 Å². The standard InChI is InChI=1S/C17H21N/c1-13-12-16(14-8-4-2-3-5-9-14)15-10-6-7-11-17(15)18-13/h6-7,10-12,14H,2-5,8-9H2,1H3. The summed E-state index contributed by atoms with van der Waals surface area (Å²) < 4.78 is 0. The highest BCUT2D eigenvalue weighted by Gasteiger charge is 2.17. The molecule has 1 heteroatoms. The molecule has 1 aromatic carbocycles. The molecule has 0 bridgehead atoms. The van der Waals surface area contributed by atoms with Crippen molar-refractivity contribution in [2.24, 2.45) is 0 Å². The quantitative estimate of drug-likeness (QED) is 0.639. The third kappa shape index (κ3) is 2.27. The average Bonchev–Trinajstić information content (AvgIpc) is 2.66. The van der Waals surface area contributed by atoms with Crippen LogP contribution >= 0.6 is 0 Å². The van der Waals surface area contributed by atoms with Gasteiger partial charge in [-0.2, -0.15) is 0 Å². The second kappa shape index (κ2) is 5.09.